The summed E-state index contributed by atoms with van der Waals surface area (Å²) in [4.78, 5) is 26.8. The Hall–Kier alpha value is -3.69. The Kier molecular flexibility index (Phi) is 6.71. The lowest BCUT2D eigenvalue weighted by molar-refractivity contribution is 0.0846. The summed E-state index contributed by atoms with van der Waals surface area (Å²) in [5.74, 6) is -1.07. The molecule has 0 atom stereocenters. The molecular formula is C24H24N4O4S. The number of carbonyl (C=O) groups is 2. The van der Waals surface area contributed by atoms with E-state index in [1.165, 1.54) is 28.6 Å². The Labute approximate surface area is 192 Å². The van der Waals surface area contributed by atoms with Gasteiger partial charge in [-0.15, -0.1) is 0 Å². The maximum Gasteiger partial charge on any atom is 0.269 e. The van der Waals surface area contributed by atoms with Crippen LogP contribution in [0, 0.1) is 0 Å². The number of para-hydroxylation sites is 1. The predicted octanol–water partition coefficient (Wildman–Crippen LogP) is 2.27. The molecule has 0 unspecified atom stereocenters. The van der Waals surface area contributed by atoms with E-state index >= 15 is 0 Å². The molecule has 1 heterocycles. The van der Waals surface area contributed by atoms with Gasteiger partial charge in [-0.3, -0.25) is 20.4 Å². The standard InChI is InChI=1S/C24H24N4O4S/c29-23(19-8-3-1-4-9-19)25-26-24(30)20-10-7-13-22(18-20)33(31,32)28-16-14-27(15-17-28)21-11-5-2-6-12-21/h1-13,18H,14-17H2,(H,25,29)(H,26,30). The molecule has 0 bridgehead atoms. The molecule has 2 amide bonds. The summed E-state index contributed by atoms with van der Waals surface area (Å²) in [5, 5.41) is 0. The monoisotopic (exact) mass is 464 g/mol. The number of nitrogens with zero attached hydrogens (tertiary/aromatic N) is 2. The molecule has 1 fully saturated rings. The minimum Gasteiger partial charge on any atom is -0.369 e. The largest absolute Gasteiger partial charge is 0.369 e. The summed E-state index contributed by atoms with van der Waals surface area (Å²) in [6, 6.07) is 24.1. The van der Waals surface area contributed by atoms with Crippen LogP contribution in [0.25, 0.3) is 0 Å². The summed E-state index contributed by atoms with van der Waals surface area (Å²) in [6.07, 6.45) is 0. The molecule has 1 saturated heterocycles. The van der Waals surface area contributed by atoms with Crippen molar-refractivity contribution in [3.05, 3.63) is 96.1 Å². The van der Waals surface area contributed by atoms with Crippen LogP contribution in [0.2, 0.25) is 0 Å². The van der Waals surface area contributed by atoms with Crippen LogP contribution in [0.3, 0.4) is 0 Å². The first kappa shape index (κ1) is 22.5. The Balaban J connectivity index is 1.40. The Morgan fingerprint density at radius 3 is 1.85 bits per heavy atom. The number of rotatable bonds is 5. The zero-order valence-corrected chi connectivity index (χ0v) is 18.7. The van der Waals surface area contributed by atoms with Crippen LogP contribution in [-0.4, -0.2) is 50.7 Å². The number of piperazine rings is 1. The molecule has 0 aromatic heterocycles. The van der Waals surface area contributed by atoms with Crippen LogP contribution in [0.15, 0.2) is 89.8 Å². The van der Waals surface area contributed by atoms with E-state index in [0.717, 1.165) is 5.69 Å². The van der Waals surface area contributed by atoms with Gasteiger partial charge < -0.3 is 4.90 Å². The molecule has 33 heavy (non-hydrogen) atoms. The van der Waals surface area contributed by atoms with Crippen molar-refractivity contribution < 1.29 is 18.0 Å². The second kappa shape index (κ2) is 9.85. The molecule has 0 aliphatic carbocycles. The lowest BCUT2D eigenvalue weighted by atomic mass is 10.2. The van der Waals surface area contributed by atoms with Crippen molar-refractivity contribution in [1.82, 2.24) is 15.2 Å². The lowest BCUT2D eigenvalue weighted by Gasteiger charge is -2.35. The van der Waals surface area contributed by atoms with E-state index in [9.17, 15) is 18.0 Å². The highest BCUT2D eigenvalue weighted by Crippen LogP contribution is 2.21. The van der Waals surface area contributed by atoms with Crippen molar-refractivity contribution in [2.24, 2.45) is 0 Å². The fourth-order valence-electron chi connectivity index (χ4n) is 3.62. The maximum absolute atomic E-state index is 13.2. The van der Waals surface area contributed by atoms with Crippen LogP contribution in [0.4, 0.5) is 5.69 Å². The number of anilines is 1. The Morgan fingerprint density at radius 2 is 1.21 bits per heavy atom. The van der Waals surface area contributed by atoms with Crippen molar-refractivity contribution in [1.29, 1.82) is 0 Å². The first-order valence-electron chi connectivity index (χ1n) is 10.5. The van der Waals surface area contributed by atoms with Crippen LogP contribution in [0.1, 0.15) is 20.7 Å². The molecule has 8 nitrogen and oxygen atoms in total. The average Bonchev–Trinajstić information content (AvgIpc) is 2.88. The van der Waals surface area contributed by atoms with Crippen molar-refractivity contribution in [3.8, 4) is 0 Å². The second-order valence-corrected chi connectivity index (χ2v) is 9.47. The molecule has 0 radical (unpaired) electrons. The van der Waals surface area contributed by atoms with Crippen LogP contribution < -0.4 is 15.8 Å². The fourth-order valence-corrected chi connectivity index (χ4v) is 5.09. The van der Waals surface area contributed by atoms with E-state index in [1.54, 1.807) is 30.3 Å². The normalized spacial score (nSPS) is 14.5. The van der Waals surface area contributed by atoms with Crippen LogP contribution in [-0.2, 0) is 10.0 Å². The van der Waals surface area contributed by atoms with Gasteiger partial charge in [-0.05, 0) is 42.5 Å². The van der Waals surface area contributed by atoms with Crippen LogP contribution in [0.5, 0.6) is 0 Å². The smallest absolute Gasteiger partial charge is 0.269 e. The number of amides is 2. The van der Waals surface area contributed by atoms with E-state index < -0.39 is 21.8 Å². The van der Waals surface area contributed by atoms with Crippen molar-refractivity contribution >= 4 is 27.5 Å². The molecule has 170 valence electrons. The molecule has 1 aliphatic heterocycles. The summed E-state index contributed by atoms with van der Waals surface area (Å²) in [6.45, 7) is 1.85. The Bertz CT molecular complexity index is 1230. The van der Waals surface area contributed by atoms with Gasteiger partial charge in [0, 0.05) is 43.0 Å². The number of benzene rings is 3. The molecule has 0 spiro atoms. The van der Waals surface area contributed by atoms with E-state index in [1.807, 2.05) is 30.3 Å². The third-order valence-corrected chi connectivity index (χ3v) is 7.31. The minimum absolute atomic E-state index is 0.0395. The molecule has 4 rings (SSSR count). The second-order valence-electron chi connectivity index (χ2n) is 7.53. The van der Waals surface area contributed by atoms with E-state index in [4.69, 9.17) is 0 Å². The van der Waals surface area contributed by atoms with Gasteiger partial charge in [-0.1, -0.05) is 42.5 Å². The highest BCUT2D eigenvalue weighted by molar-refractivity contribution is 7.89. The highest BCUT2D eigenvalue weighted by atomic mass is 32.2. The minimum atomic E-state index is -3.76. The van der Waals surface area contributed by atoms with Crippen molar-refractivity contribution in [2.45, 2.75) is 4.90 Å². The van der Waals surface area contributed by atoms with E-state index in [0.29, 0.717) is 31.7 Å². The summed E-state index contributed by atoms with van der Waals surface area (Å²) < 4.78 is 27.8. The summed E-state index contributed by atoms with van der Waals surface area (Å²) in [7, 11) is -3.76. The first-order valence-corrected chi connectivity index (χ1v) is 11.9. The summed E-state index contributed by atoms with van der Waals surface area (Å²) >= 11 is 0. The van der Waals surface area contributed by atoms with Gasteiger partial charge in [-0.25, -0.2) is 8.42 Å². The van der Waals surface area contributed by atoms with Gasteiger partial charge in [-0.2, -0.15) is 4.31 Å². The number of sulfonamides is 1. The molecule has 3 aromatic rings. The molecule has 1 aliphatic rings. The molecule has 3 aromatic carbocycles. The fraction of sp³-hybridized carbons (Fsp3) is 0.167. The number of hydrogen-bond donors (Lipinski definition) is 2. The average molecular weight is 465 g/mol. The van der Waals surface area contributed by atoms with Gasteiger partial charge in [0.05, 0.1) is 4.90 Å². The van der Waals surface area contributed by atoms with E-state index in [-0.39, 0.29) is 10.5 Å². The maximum atomic E-state index is 13.2. The third-order valence-electron chi connectivity index (χ3n) is 5.42. The van der Waals surface area contributed by atoms with Crippen molar-refractivity contribution in [2.75, 3.05) is 31.1 Å². The lowest BCUT2D eigenvalue weighted by Crippen LogP contribution is -2.48. The molecule has 9 heteroatoms. The van der Waals surface area contributed by atoms with Gasteiger partial charge in [0.2, 0.25) is 10.0 Å². The van der Waals surface area contributed by atoms with Gasteiger partial charge in [0.1, 0.15) is 0 Å². The van der Waals surface area contributed by atoms with Gasteiger partial charge in [0.25, 0.3) is 11.8 Å². The molecule has 0 saturated carbocycles. The number of hydrazine groups is 1. The predicted molar refractivity (Wildman–Crippen MR) is 125 cm³/mol. The van der Waals surface area contributed by atoms with Crippen LogP contribution >= 0.6 is 0 Å². The quantitative estimate of drug-likeness (QED) is 0.565. The van der Waals surface area contributed by atoms with Crippen molar-refractivity contribution in [3.63, 3.8) is 0 Å². The van der Waals surface area contributed by atoms with Gasteiger partial charge in [0.15, 0.2) is 0 Å². The van der Waals surface area contributed by atoms with Gasteiger partial charge >= 0.3 is 0 Å². The number of nitrogens with one attached hydrogen (secondary N) is 2. The first-order chi connectivity index (χ1) is 15.9. The zero-order valence-electron chi connectivity index (χ0n) is 17.8. The molecule has 2 N–H and O–H groups in total. The van der Waals surface area contributed by atoms with E-state index in [2.05, 4.69) is 15.8 Å². The zero-order chi connectivity index (χ0) is 23.3. The topological polar surface area (TPSA) is 98.8 Å². The highest BCUT2D eigenvalue weighted by Gasteiger charge is 2.29. The Morgan fingerprint density at radius 1 is 0.667 bits per heavy atom. The SMILES string of the molecule is O=C(NNC(=O)c1cccc(S(=O)(=O)N2CCN(c3ccccc3)CC2)c1)c1ccccc1. The third kappa shape index (κ3) is 5.21. The molecular weight excluding hydrogens is 440 g/mol. The number of carbonyl (C=O) groups excluding carboxylic acids is 2. The number of hydrogen-bond acceptors (Lipinski definition) is 5. The summed E-state index contributed by atoms with van der Waals surface area (Å²) in [5.41, 5.74) is 6.25.